The third-order valence-electron chi connectivity index (χ3n) is 3.16. The number of nitrogens with one attached hydrogen (secondary N) is 2. The summed E-state index contributed by atoms with van der Waals surface area (Å²) < 4.78 is 5.06. The predicted molar refractivity (Wildman–Crippen MR) is 98.4 cm³/mol. The van der Waals surface area contributed by atoms with E-state index in [0.717, 1.165) is 11.1 Å². The second-order valence-corrected chi connectivity index (χ2v) is 5.18. The number of benzene rings is 2. The van der Waals surface area contributed by atoms with Crippen molar-refractivity contribution in [3.8, 4) is 5.75 Å². The molecule has 2 amide bonds. The van der Waals surface area contributed by atoms with Gasteiger partial charge in [0.2, 0.25) is 0 Å². The van der Waals surface area contributed by atoms with Gasteiger partial charge >= 0.3 is 11.8 Å². The molecule has 0 fully saturated rings. The molecule has 0 spiro atoms. The number of carbonyl (C=O) groups excluding carboxylic acids is 2. The number of carbonyl (C=O) groups is 2. The van der Waals surface area contributed by atoms with Crippen LogP contribution in [0.5, 0.6) is 5.75 Å². The zero-order valence-electron chi connectivity index (χ0n) is 14.0. The number of ether oxygens (including phenoxy) is 1. The minimum Gasteiger partial charge on any atom is -0.497 e. The van der Waals surface area contributed by atoms with E-state index in [4.69, 9.17) is 4.74 Å². The highest BCUT2D eigenvalue weighted by Gasteiger charge is 2.12. The fourth-order valence-corrected chi connectivity index (χ4v) is 1.98. The number of hydrogen-bond acceptors (Lipinski definition) is 4. The highest BCUT2D eigenvalue weighted by Crippen LogP contribution is 2.16. The molecule has 6 nitrogen and oxygen atoms in total. The van der Waals surface area contributed by atoms with E-state index in [9.17, 15) is 9.59 Å². The molecule has 0 aliphatic carbocycles. The SMILES string of the molecule is COc1cccc(NC(=O)C(=O)NN=CC(C)=Cc2ccccc2)c1. The molecule has 2 aromatic rings. The van der Waals surface area contributed by atoms with Gasteiger partial charge in [-0.1, -0.05) is 42.5 Å². The molecule has 0 radical (unpaired) electrons. The van der Waals surface area contributed by atoms with Gasteiger partial charge in [0.15, 0.2) is 0 Å². The molecule has 2 rings (SSSR count). The largest absolute Gasteiger partial charge is 0.497 e. The molecule has 0 aliphatic rings. The second kappa shape index (κ2) is 9.02. The molecule has 2 aromatic carbocycles. The van der Waals surface area contributed by atoms with Crippen LogP contribution >= 0.6 is 0 Å². The first-order valence-corrected chi connectivity index (χ1v) is 7.60. The topological polar surface area (TPSA) is 79.8 Å². The van der Waals surface area contributed by atoms with Crippen LogP contribution in [0.4, 0.5) is 5.69 Å². The van der Waals surface area contributed by atoms with Crippen molar-refractivity contribution in [2.75, 3.05) is 12.4 Å². The van der Waals surface area contributed by atoms with Crippen LogP contribution in [0.15, 0.2) is 65.3 Å². The lowest BCUT2D eigenvalue weighted by Crippen LogP contribution is -2.32. The van der Waals surface area contributed by atoms with Gasteiger partial charge in [0.1, 0.15) is 5.75 Å². The van der Waals surface area contributed by atoms with Crippen LogP contribution in [0.25, 0.3) is 6.08 Å². The van der Waals surface area contributed by atoms with Crippen molar-refractivity contribution in [2.24, 2.45) is 5.10 Å². The lowest BCUT2D eigenvalue weighted by atomic mass is 10.1. The monoisotopic (exact) mass is 337 g/mol. The minimum absolute atomic E-state index is 0.462. The van der Waals surface area contributed by atoms with Gasteiger partial charge in [-0.25, -0.2) is 5.43 Å². The highest BCUT2D eigenvalue weighted by atomic mass is 16.5. The van der Waals surface area contributed by atoms with Crippen LogP contribution in [0, 0.1) is 0 Å². The molecule has 6 heteroatoms. The number of hydrazone groups is 1. The summed E-state index contributed by atoms with van der Waals surface area (Å²) in [6.45, 7) is 1.85. The molecule has 25 heavy (non-hydrogen) atoms. The summed E-state index contributed by atoms with van der Waals surface area (Å²) in [5.41, 5.74) is 4.51. The Balaban J connectivity index is 1.88. The third-order valence-corrected chi connectivity index (χ3v) is 3.16. The lowest BCUT2D eigenvalue weighted by Gasteiger charge is -2.05. The van der Waals surface area contributed by atoms with Gasteiger partial charge in [-0.3, -0.25) is 9.59 Å². The van der Waals surface area contributed by atoms with E-state index in [1.807, 2.05) is 43.3 Å². The lowest BCUT2D eigenvalue weighted by molar-refractivity contribution is -0.136. The summed E-state index contributed by atoms with van der Waals surface area (Å²) in [6.07, 6.45) is 3.38. The van der Waals surface area contributed by atoms with Crippen molar-refractivity contribution in [1.29, 1.82) is 0 Å². The van der Waals surface area contributed by atoms with Crippen LogP contribution in [0.3, 0.4) is 0 Å². The first-order chi connectivity index (χ1) is 12.1. The van der Waals surface area contributed by atoms with E-state index in [2.05, 4.69) is 15.8 Å². The minimum atomic E-state index is -0.855. The van der Waals surface area contributed by atoms with Gasteiger partial charge in [-0.05, 0) is 30.2 Å². The van der Waals surface area contributed by atoms with Crippen LogP contribution in [0.2, 0.25) is 0 Å². The number of anilines is 1. The number of hydrogen-bond donors (Lipinski definition) is 2. The quantitative estimate of drug-likeness (QED) is 0.500. The molecule has 0 aliphatic heterocycles. The Labute approximate surface area is 146 Å². The van der Waals surface area contributed by atoms with Gasteiger partial charge in [0.05, 0.1) is 13.3 Å². The van der Waals surface area contributed by atoms with Gasteiger partial charge in [-0.2, -0.15) is 5.10 Å². The smallest absolute Gasteiger partial charge is 0.329 e. The molecular weight excluding hydrogens is 318 g/mol. The van der Waals surface area contributed by atoms with E-state index in [0.29, 0.717) is 11.4 Å². The molecule has 0 saturated heterocycles. The van der Waals surface area contributed by atoms with E-state index in [-0.39, 0.29) is 0 Å². The third kappa shape index (κ3) is 5.95. The number of nitrogens with zero attached hydrogens (tertiary/aromatic N) is 1. The van der Waals surface area contributed by atoms with Gasteiger partial charge in [0, 0.05) is 11.8 Å². The zero-order valence-corrected chi connectivity index (χ0v) is 14.0. The summed E-state index contributed by atoms with van der Waals surface area (Å²) in [5.74, 6) is -1.08. The second-order valence-electron chi connectivity index (χ2n) is 5.18. The molecule has 128 valence electrons. The van der Waals surface area contributed by atoms with Crippen molar-refractivity contribution < 1.29 is 14.3 Å². The van der Waals surface area contributed by atoms with E-state index >= 15 is 0 Å². The normalized spacial score (nSPS) is 11.2. The maximum absolute atomic E-state index is 11.8. The molecule has 0 heterocycles. The number of rotatable bonds is 5. The fraction of sp³-hybridized carbons (Fsp3) is 0.105. The van der Waals surface area contributed by atoms with Crippen LogP contribution in [-0.4, -0.2) is 25.1 Å². The Morgan fingerprint density at radius 1 is 1.04 bits per heavy atom. The molecule has 2 N–H and O–H groups in total. The summed E-state index contributed by atoms with van der Waals surface area (Å²) in [4.78, 5) is 23.6. The van der Waals surface area contributed by atoms with Gasteiger partial charge < -0.3 is 10.1 Å². The summed E-state index contributed by atoms with van der Waals surface area (Å²) in [7, 11) is 1.52. The average Bonchev–Trinajstić information content (AvgIpc) is 2.62. The number of amides is 2. The van der Waals surface area contributed by atoms with Crippen molar-refractivity contribution in [1.82, 2.24) is 5.43 Å². The van der Waals surface area contributed by atoms with Crippen molar-refractivity contribution >= 4 is 29.8 Å². The Kier molecular flexibility index (Phi) is 6.47. The van der Waals surface area contributed by atoms with Gasteiger partial charge in [0.25, 0.3) is 0 Å². The molecule has 0 atom stereocenters. The predicted octanol–water partition coefficient (Wildman–Crippen LogP) is 2.84. The van der Waals surface area contributed by atoms with Crippen molar-refractivity contribution in [2.45, 2.75) is 6.92 Å². The van der Waals surface area contributed by atoms with Crippen LogP contribution in [-0.2, 0) is 9.59 Å². The van der Waals surface area contributed by atoms with E-state index in [1.165, 1.54) is 13.3 Å². The highest BCUT2D eigenvalue weighted by molar-refractivity contribution is 6.39. The van der Waals surface area contributed by atoms with Crippen LogP contribution < -0.4 is 15.5 Å². The van der Waals surface area contributed by atoms with Crippen molar-refractivity contribution in [3.05, 3.63) is 65.7 Å². The maximum Gasteiger partial charge on any atom is 0.329 e. The maximum atomic E-state index is 11.8. The molecule has 0 bridgehead atoms. The molecule has 0 aromatic heterocycles. The molecular formula is C19H19N3O3. The Bertz CT molecular complexity index is 799. The van der Waals surface area contributed by atoms with Crippen LogP contribution in [0.1, 0.15) is 12.5 Å². The standard InChI is InChI=1S/C19H19N3O3/c1-14(11-15-7-4-3-5-8-15)13-20-22-19(24)18(23)21-16-9-6-10-17(12-16)25-2/h3-13H,1-2H3,(H,21,23)(H,22,24). The van der Waals surface area contributed by atoms with E-state index < -0.39 is 11.8 Å². The fourth-order valence-electron chi connectivity index (χ4n) is 1.98. The first-order valence-electron chi connectivity index (χ1n) is 7.60. The summed E-state index contributed by atoms with van der Waals surface area (Å²) in [6, 6.07) is 16.4. The Hall–Kier alpha value is -3.41. The first kappa shape index (κ1) is 17.9. The van der Waals surface area contributed by atoms with E-state index in [1.54, 1.807) is 24.3 Å². The summed E-state index contributed by atoms with van der Waals surface area (Å²) in [5, 5.41) is 6.26. The number of methoxy groups -OCH3 is 1. The summed E-state index contributed by atoms with van der Waals surface area (Å²) >= 11 is 0. The Morgan fingerprint density at radius 2 is 1.80 bits per heavy atom. The molecule has 0 unspecified atom stereocenters. The zero-order chi connectivity index (χ0) is 18.1. The van der Waals surface area contributed by atoms with Crippen molar-refractivity contribution in [3.63, 3.8) is 0 Å². The number of allylic oxidation sites excluding steroid dienone is 1. The average molecular weight is 337 g/mol. The van der Waals surface area contributed by atoms with Gasteiger partial charge in [-0.15, -0.1) is 0 Å². The molecule has 0 saturated carbocycles. The Morgan fingerprint density at radius 3 is 2.52 bits per heavy atom.